The van der Waals surface area contributed by atoms with Crippen molar-refractivity contribution in [3.8, 4) is 0 Å². The molecule has 1 aromatic carbocycles. The second-order valence-electron chi connectivity index (χ2n) is 3.95. The van der Waals surface area contributed by atoms with Crippen LogP contribution in [0.3, 0.4) is 0 Å². The van der Waals surface area contributed by atoms with Crippen molar-refractivity contribution >= 4 is 23.5 Å². The van der Waals surface area contributed by atoms with E-state index in [4.69, 9.17) is 5.11 Å². The summed E-state index contributed by atoms with van der Waals surface area (Å²) in [6.45, 7) is 1.53. The highest BCUT2D eigenvalue weighted by molar-refractivity contribution is 7.99. The van der Waals surface area contributed by atoms with E-state index in [2.05, 4.69) is 5.32 Å². The Kier molecular flexibility index (Phi) is 3.49. The summed E-state index contributed by atoms with van der Waals surface area (Å²) in [7, 11) is 0. The van der Waals surface area contributed by atoms with Crippen LogP contribution in [0, 0.1) is 0 Å². The zero-order valence-electron chi connectivity index (χ0n) is 9.34. The van der Waals surface area contributed by atoms with Crippen LogP contribution in [0.2, 0.25) is 0 Å². The molecule has 0 aliphatic carbocycles. The van der Waals surface area contributed by atoms with Gasteiger partial charge in [0.2, 0.25) is 0 Å². The lowest BCUT2D eigenvalue weighted by atomic mass is 10.1. The van der Waals surface area contributed by atoms with E-state index in [1.165, 1.54) is 6.92 Å². The lowest BCUT2D eigenvalue weighted by Gasteiger charge is -2.11. The van der Waals surface area contributed by atoms with Crippen LogP contribution in [0.1, 0.15) is 28.2 Å². The number of hydrogen-bond acceptors (Lipinski definition) is 4. The average molecular weight is 251 g/mol. The van der Waals surface area contributed by atoms with E-state index in [1.807, 2.05) is 12.1 Å². The van der Waals surface area contributed by atoms with E-state index in [9.17, 15) is 9.59 Å². The number of carboxylic acids is 1. The van der Waals surface area contributed by atoms with E-state index in [-0.39, 0.29) is 11.2 Å². The molecule has 1 aliphatic rings. The van der Waals surface area contributed by atoms with Crippen molar-refractivity contribution in [1.29, 1.82) is 0 Å². The van der Waals surface area contributed by atoms with Crippen molar-refractivity contribution in [2.75, 3.05) is 5.75 Å². The molecule has 5 heteroatoms. The van der Waals surface area contributed by atoms with Gasteiger partial charge < -0.3 is 5.11 Å². The second-order valence-corrected chi connectivity index (χ2v) is 5.09. The van der Waals surface area contributed by atoms with E-state index in [0.29, 0.717) is 11.3 Å². The number of carbonyl (C=O) groups is 2. The van der Waals surface area contributed by atoms with Gasteiger partial charge in [-0.1, -0.05) is 24.3 Å². The van der Waals surface area contributed by atoms with Crippen molar-refractivity contribution in [2.45, 2.75) is 18.3 Å². The van der Waals surface area contributed by atoms with Crippen LogP contribution < -0.4 is 5.32 Å². The predicted octanol–water partition coefficient (Wildman–Crippen LogP) is 1.68. The van der Waals surface area contributed by atoms with Gasteiger partial charge in [0.1, 0.15) is 6.04 Å². The smallest absolute Gasteiger partial charge is 0.321 e. The molecule has 1 aromatic rings. The largest absolute Gasteiger partial charge is 0.480 e. The summed E-state index contributed by atoms with van der Waals surface area (Å²) in [5, 5.41) is 11.9. The summed E-state index contributed by atoms with van der Waals surface area (Å²) in [5.74, 6) is -0.221. The minimum absolute atomic E-state index is 0.00268. The second kappa shape index (κ2) is 4.89. The molecule has 90 valence electrons. The quantitative estimate of drug-likeness (QED) is 0.800. The summed E-state index contributed by atoms with van der Waals surface area (Å²) in [6, 6.07) is 6.79. The molecule has 1 heterocycles. The first-order valence-electron chi connectivity index (χ1n) is 5.29. The van der Waals surface area contributed by atoms with Crippen LogP contribution in [-0.4, -0.2) is 28.7 Å². The first-order valence-corrected chi connectivity index (χ1v) is 6.34. The number of nitrogens with one attached hydrogen (secondary N) is 1. The summed E-state index contributed by atoms with van der Waals surface area (Å²) in [4.78, 5) is 21.9. The summed E-state index contributed by atoms with van der Waals surface area (Å²) in [5.41, 5.74) is 1.68. The summed E-state index contributed by atoms with van der Waals surface area (Å²) < 4.78 is 0. The van der Waals surface area contributed by atoms with Crippen molar-refractivity contribution in [3.63, 3.8) is 0 Å². The fourth-order valence-electron chi connectivity index (χ4n) is 1.70. The van der Waals surface area contributed by atoms with Crippen molar-refractivity contribution in [3.05, 3.63) is 35.4 Å². The first kappa shape index (κ1) is 12.1. The molecule has 4 nitrogen and oxygen atoms in total. The molecule has 0 radical (unpaired) electrons. The van der Waals surface area contributed by atoms with Crippen LogP contribution >= 0.6 is 11.8 Å². The van der Waals surface area contributed by atoms with Crippen LogP contribution in [0.25, 0.3) is 0 Å². The summed E-state index contributed by atoms with van der Waals surface area (Å²) >= 11 is 1.57. The topological polar surface area (TPSA) is 66.4 Å². The normalized spacial score (nSPS) is 23.6. The highest BCUT2D eigenvalue weighted by atomic mass is 32.2. The van der Waals surface area contributed by atoms with E-state index < -0.39 is 12.0 Å². The molecular formula is C12H13NO3S. The monoisotopic (exact) mass is 251 g/mol. The molecule has 0 aromatic heterocycles. The number of rotatable bonds is 3. The minimum atomic E-state index is -0.819. The number of Topliss-reactive ketones (excluding diaryl/α,β-unsaturated/α-hetero) is 1. The van der Waals surface area contributed by atoms with Gasteiger partial charge in [-0.2, -0.15) is 0 Å². The Bertz CT molecular complexity index is 444. The molecule has 0 amide bonds. The molecule has 1 aliphatic heterocycles. The number of carbonyl (C=O) groups excluding carboxylic acids is 1. The molecule has 1 saturated heterocycles. The first-order chi connectivity index (χ1) is 8.08. The van der Waals surface area contributed by atoms with Gasteiger partial charge in [-0.3, -0.25) is 14.9 Å². The number of thioether (sulfide) groups is 1. The van der Waals surface area contributed by atoms with E-state index >= 15 is 0 Å². The van der Waals surface area contributed by atoms with Crippen molar-refractivity contribution in [1.82, 2.24) is 5.32 Å². The third kappa shape index (κ3) is 2.68. The fraction of sp³-hybridized carbons (Fsp3) is 0.333. The maximum absolute atomic E-state index is 11.1. The lowest BCUT2D eigenvalue weighted by Crippen LogP contribution is -2.33. The molecule has 0 spiro atoms. The van der Waals surface area contributed by atoms with Gasteiger partial charge in [0.15, 0.2) is 5.78 Å². The van der Waals surface area contributed by atoms with Crippen LogP contribution in [0.4, 0.5) is 0 Å². The Labute approximate surface area is 103 Å². The highest BCUT2D eigenvalue weighted by Crippen LogP contribution is 2.32. The Balaban J connectivity index is 2.09. The number of benzene rings is 1. The summed E-state index contributed by atoms with van der Waals surface area (Å²) in [6.07, 6.45) is 0. The van der Waals surface area contributed by atoms with Gasteiger partial charge in [-0.15, -0.1) is 11.8 Å². The van der Waals surface area contributed by atoms with Gasteiger partial charge in [0.25, 0.3) is 0 Å². The van der Waals surface area contributed by atoms with Gasteiger partial charge in [-0.25, -0.2) is 0 Å². The van der Waals surface area contributed by atoms with Crippen LogP contribution in [0.15, 0.2) is 24.3 Å². The minimum Gasteiger partial charge on any atom is -0.480 e. The number of aliphatic carboxylic acids is 1. The molecule has 2 N–H and O–H groups in total. The van der Waals surface area contributed by atoms with Gasteiger partial charge >= 0.3 is 5.97 Å². The Morgan fingerprint density at radius 3 is 2.47 bits per heavy atom. The molecule has 0 saturated carbocycles. The zero-order valence-corrected chi connectivity index (χ0v) is 10.2. The maximum Gasteiger partial charge on any atom is 0.321 e. The Hall–Kier alpha value is -1.33. The van der Waals surface area contributed by atoms with Gasteiger partial charge in [0, 0.05) is 11.3 Å². The molecular weight excluding hydrogens is 238 g/mol. The molecule has 2 unspecified atom stereocenters. The molecule has 2 atom stereocenters. The lowest BCUT2D eigenvalue weighted by molar-refractivity contribution is -0.138. The van der Waals surface area contributed by atoms with Crippen molar-refractivity contribution in [2.24, 2.45) is 0 Å². The molecule has 2 rings (SSSR count). The van der Waals surface area contributed by atoms with Crippen molar-refractivity contribution < 1.29 is 14.7 Å². The molecule has 0 bridgehead atoms. The standard InChI is InChI=1S/C12H13NO3S/c1-7(14)8-2-4-9(5-3-8)11-13-10(6-17-11)12(15)16/h2-5,10-11,13H,6H2,1H3,(H,15,16). The maximum atomic E-state index is 11.1. The van der Waals surface area contributed by atoms with Crippen LogP contribution in [-0.2, 0) is 4.79 Å². The molecule has 1 fully saturated rings. The van der Waals surface area contributed by atoms with Gasteiger partial charge in [-0.05, 0) is 12.5 Å². The SMILES string of the molecule is CC(=O)c1ccc(C2NC(C(=O)O)CS2)cc1. The average Bonchev–Trinajstić information content (AvgIpc) is 2.78. The third-order valence-electron chi connectivity index (χ3n) is 2.70. The number of hydrogen-bond donors (Lipinski definition) is 2. The molecule has 17 heavy (non-hydrogen) atoms. The fourth-order valence-corrected chi connectivity index (χ4v) is 2.93. The van der Waals surface area contributed by atoms with E-state index in [0.717, 1.165) is 5.56 Å². The highest BCUT2D eigenvalue weighted by Gasteiger charge is 2.30. The predicted molar refractivity (Wildman–Crippen MR) is 66.2 cm³/mol. The van der Waals surface area contributed by atoms with Gasteiger partial charge in [0.05, 0.1) is 5.37 Å². The zero-order chi connectivity index (χ0) is 12.4. The third-order valence-corrected chi connectivity index (χ3v) is 3.97. The Morgan fingerprint density at radius 2 is 2.00 bits per heavy atom. The van der Waals surface area contributed by atoms with E-state index in [1.54, 1.807) is 23.9 Å². The number of ketones is 1. The van der Waals surface area contributed by atoms with Crippen LogP contribution in [0.5, 0.6) is 0 Å². The Morgan fingerprint density at radius 1 is 1.35 bits per heavy atom. The number of carboxylic acid groups (broad SMARTS) is 1.